The van der Waals surface area contributed by atoms with Crippen LogP contribution in [-0.2, 0) is 11.3 Å². The smallest absolute Gasteiger partial charge is 0.334 e. The summed E-state index contributed by atoms with van der Waals surface area (Å²) in [4.78, 5) is 37.6. The predicted molar refractivity (Wildman–Crippen MR) is 161 cm³/mol. The van der Waals surface area contributed by atoms with Crippen LogP contribution in [-0.4, -0.2) is 45.6 Å². The topological polar surface area (TPSA) is 119 Å². The van der Waals surface area contributed by atoms with E-state index in [0.717, 1.165) is 24.0 Å². The molecule has 2 aromatic carbocycles. The number of nitrogens with zero attached hydrogens (tertiary/aromatic N) is 1. The van der Waals surface area contributed by atoms with Gasteiger partial charge in [0, 0.05) is 28.4 Å². The largest absolute Gasteiger partial charge is 0.479 e. The minimum absolute atomic E-state index is 0.205. The van der Waals surface area contributed by atoms with Crippen LogP contribution in [0.3, 0.4) is 0 Å². The number of hydrogen-bond acceptors (Lipinski definition) is 4. The molecule has 2 aromatic rings. The first kappa shape index (κ1) is 30.4. The van der Waals surface area contributed by atoms with Crippen LogP contribution in [0.1, 0.15) is 60.5 Å². The molecule has 0 saturated carbocycles. The highest BCUT2D eigenvalue weighted by atomic mass is 35.5. The number of nitrogens with one attached hydrogen (secondary N) is 2. The van der Waals surface area contributed by atoms with E-state index in [9.17, 15) is 19.5 Å². The number of alkyl halides is 1. The molecule has 0 radical (unpaired) electrons. The van der Waals surface area contributed by atoms with Crippen molar-refractivity contribution in [3.63, 3.8) is 0 Å². The van der Waals surface area contributed by atoms with Crippen LogP contribution < -0.4 is 15.5 Å². The lowest BCUT2D eigenvalue weighted by Crippen LogP contribution is -2.40. The van der Waals surface area contributed by atoms with Crippen LogP contribution in [0.15, 0.2) is 77.5 Å². The maximum Gasteiger partial charge on any atom is 0.334 e. The molecule has 4 N–H and O–H groups in total. The third kappa shape index (κ3) is 8.45. The van der Waals surface area contributed by atoms with Gasteiger partial charge in [-0.15, -0.1) is 11.6 Å². The zero-order valence-electron chi connectivity index (χ0n) is 22.7. The number of aliphatic carboxylic acids is 1. The zero-order chi connectivity index (χ0) is 29.6. The van der Waals surface area contributed by atoms with E-state index in [1.165, 1.54) is 18.4 Å². The average Bonchev–Trinajstić information content (AvgIpc) is 2.94. The van der Waals surface area contributed by atoms with E-state index in [2.05, 4.69) is 16.7 Å². The number of carbonyl (C=O) groups excluding carboxylic acids is 2. The van der Waals surface area contributed by atoms with E-state index in [4.69, 9.17) is 28.3 Å². The Hall–Kier alpha value is -3.59. The summed E-state index contributed by atoms with van der Waals surface area (Å²) in [6, 6.07) is 14.1. The Balaban J connectivity index is 1.54. The van der Waals surface area contributed by atoms with Gasteiger partial charge < -0.3 is 20.8 Å². The predicted octanol–water partition coefficient (Wildman–Crippen LogP) is 5.94. The lowest BCUT2D eigenvalue weighted by Gasteiger charge is -2.27. The summed E-state index contributed by atoms with van der Waals surface area (Å²) in [5.41, 5.74) is 4.70. The Morgan fingerprint density at radius 3 is 2.39 bits per heavy atom. The van der Waals surface area contributed by atoms with Crippen LogP contribution in [0.5, 0.6) is 0 Å². The van der Waals surface area contributed by atoms with Crippen LogP contribution in [0.4, 0.5) is 10.5 Å². The number of carboxylic acids is 1. The molecular weight excluding hydrogens is 565 g/mol. The summed E-state index contributed by atoms with van der Waals surface area (Å²) < 4.78 is 0. The molecule has 0 saturated heterocycles. The van der Waals surface area contributed by atoms with E-state index in [1.807, 2.05) is 31.2 Å². The van der Waals surface area contributed by atoms with Gasteiger partial charge in [-0.1, -0.05) is 41.9 Å². The molecular formula is C31H33Cl2N3O5. The van der Waals surface area contributed by atoms with Crippen molar-refractivity contribution in [2.75, 3.05) is 11.4 Å². The second-order valence-electron chi connectivity index (χ2n) is 10.4. The van der Waals surface area contributed by atoms with Gasteiger partial charge in [0.2, 0.25) is 0 Å². The van der Waals surface area contributed by atoms with E-state index in [-0.39, 0.29) is 12.6 Å². The molecule has 0 fully saturated rings. The molecule has 10 heteroatoms. The second kappa shape index (κ2) is 13.4. The van der Waals surface area contributed by atoms with Gasteiger partial charge >= 0.3 is 12.0 Å². The van der Waals surface area contributed by atoms with Crippen molar-refractivity contribution >= 4 is 52.4 Å². The minimum Gasteiger partial charge on any atom is -0.479 e. The highest BCUT2D eigenvalue weighted by Crippen LogP contribution is 2.33. The molecule has 8 nitrogen and oxygen atoms in total. The molecule has 2 aliphatic carbocycles. The van der Waals surface area contributed by atoms with Crippen LogP contribution in [0.2, 0.25) is 0 Å². The number of carbonyl (C=O) groups is 3. The number of amides is 3. The molecule has 0 spiro atoms. The van der Waals surface area contributed by atoms with Gasteiger partial charge in [-0.05, 0) is 85.7 Å². The molecule has 0 aliphatic heterocycles. The fourth-order valence-electron chi connectivity index (χ4n) is 4.79. The number of aliphatic hydroxyl groups excluding tert-OH is 1. The highest BCUT2D eigenvalue weighted by Gasteiger charge is 2.26. The molecule has 0 aromatic heterocycles. The number of carboxylic acid groups (broad SMARTS) is 1. The SMILES string of the molecule is CC1(Cl)C=C(NC(=O)N(Cc2ccc(C(=O)NC[C@@H](O)C(=O)O)cc2)c2ccc(C3=CCCCC3)cc2)C=C(Cl)C1. The first-order chi connectivity index (χ1) is 19.5. The molecule has 1 unspecified atom stereocenters. The number of anilines is 1. The molecule has 4 rings (SSSR count). The standard InChI is InChI=1S/C31H33Cl2N3O5/c1-31(33)16-24(32)15-25(17-31)35-30(41)36(26-13-11-22(12-14-26)21-5-3-2-4-6-21)19-20-7-9-23(10-8-20)28(38)34-18-27(37)29(39)40/h5,7-15,17,27,37H,2-4,6,16,18-19H2,1H3,(H,34,38)(H,35,41)(H,39,40)/t27-,31?/m1/s1. The number of hydrogen-bond donors (Lipinski definition) is 4. The van der Waals surface area contributed by atoms with E-state index in [0.29, 0.717) is 28.4 Å². The van der Waals surface area contributed by atoms with Gasteiger partial charge in [-0.3, -0.25) is 9.69 Å². The number of halogens is 2. The molecule has 3 amide bonds. The van der Waals surface area contributed by atoms with Crippen molar-refractivity contribution in [2.24, 2.45) is 0 Å². The number of urea groups is 1. The quantitative estimate of drug-likeness (QED) is 0.267. The van der Waals surface area contributed by atoms with E-state index < -0.39 is 29.4 Å². The Labute approximate surface area is 249 Å². The van der Waals surface area contributed by atoms with Crippen LogP contribution in [0, 0.1) is 0 Å². The van der Waals surface area contributed by atoms with Gasteiger partial charge in [-0.25, -0.2) is 9.59 Å². The summed E-state index contributed by atoms with van der Waals surface area (Å²) in [5.74, 6) is -1.93. The minimum atomic E-state index is -1.69. The normalized spacial score (nSPS) is 19.3. The second-order valence-corrected chi connectivity index (χ2v) is 11.8. The van der Waals surface area contributed by atoms with Gasteiger partial charge in [0.1, 0.15) is 0 Å². The fourth-order valence-corrected chi connectivity index (χ4v) is 5.51. The number of rotatable bonds is 9. The summed E-state index contributed by atoms with van der Waals surface area (Å²) in [5, 5.41) is 24.0. The maximum absolute atomic E-state index is 13.6. The van der Waals surface area contributed by atoms with Gasteiger partial charge in [0.05, 0.1) is 18.0 Å². The van der Waals surface area contributed by atoms with Crippen molar-refractivity contribution in [1.82, 2.24) is 10.6 Å². The Morgan fingerprint density at radius 1 is 1.07 bits per heavy atom. The van der Waals surface area contributed by atoms with Crippen molar-refractivity contribution in [2.45, 2.75) is 56.6 Å². The Kier molecular flexibility index (Phi) is 9.91. The third-order valence-electron chi connectivity index (χ3n) is 6.92. The molecule has 2 atom stereocenters. The summed E-state index contributed by atoms with van der Waals surface area (Å²) in [6.07, 6.45) is 8.99. The molecule has 2 aliphatic rings. The maximum atomic E-state index is 13.6. The highest BCUT2D eigenvalue weighted by molar-refractivity contribution is 6.32. The molecule has 0 bridgehead atoms. The van der Waals surface area contributed by atoms with Gasteiger partial charge in [0.15, 0.2) is 6.10 Å². The number of allylic oxidation sites excluding steroid dienone is 5. The first-order valence-electron chi connectivity index (χ1n) is 13.4. The lowest BCUT2D eigenvalue weighted by atomic mass is 9.93. The van der Waals surface area contributed by atoms with Gasteiger partial charge in [0.25, 0.3) is 5.91 Å². The lowest BCUT2D eigenvalue weighted by molar-refractivity contribution is -0.146. The van der Waals surface area contributed by atoms with Crippen molar-refractivity contribution in [1.29, 1.82) is 0 Å². The molecule has 0 heterocycles. The monoisotopic (exact) mass is 597 g/mol. The number of aliphatic hydroxyl groups is 1. The van der Waals surface area contributed by atoms with Crippen LogP contribution >= 0.6 is 23.2 Å². The summed E-state index contributed by atoms with van der Waals surface area (Å²) >= 11 is 12.8. The summed E-state index contributed by atoms with van der Waals surface area (Å²) in [7, 11) is 0. The van der Waals surface area contributed by atoms with Crippen LogP contribution in [0.25, 0.3) is 5.57 Å². The fraction of sp³-hybridized carbons (Fsp3) is 0.323. The Morgan fingerprint density at radius 2 is 1.78 bits per heavy atom. The van der Waals surface area contributed by atoms with Crippen molar-refractivity contribution < 1.29 is 24.6 Å². The first-order valence-corrected chi connectivity index (χ1v) is 14.2. The van der Waals surface area contributed by atoms with Crippen molar-refractivity contribution in [3.8, 4) is 0 Å². The van der Waals surface area contributed by atoms with Gasteiger partial charge in [-0.2, -0.15) is 0 Å². The van der Waals surface area contributed by atoms with Crippen molar-refractivity contribution in [3.05, 3.63) is 94.2 Å². The van der Waals surface area contributed by atoms with E-state index >= 15 is 0 Å². The average molecular weight is 599 g/mol. The number of benzene rings is 2. The Bertz CT molecular complexity index is 1380. The molecule has 216 valence electrons. The zero-order valence-corrected chi connectivity index (χ0v) is 24.2. The van der Waals surface area contributed by atoms with E-state index in [1.54, 1.807) is 41.3 Å². The molecule has 41 heavy (non-hydrogen) atoms. The summed E-state index contributed by atoms with van der Waals surface area (Å²) in [6.45, 7) is 1.62. The third-order valence-corrected chi connectivity index (χ3v) is 7.40.